The van der Waals surface area contributed by atoms with Crippen LogP contribution in [0.3, 0.4) is 0 Å². The van der Waals surface area contributed by atoms with E-state index in [-0.39, 0.29) is 23.8 Å². The average molecular weight is 302 g/mol. The van der Waals surface area contributed by atoms with Gasteiger partial charge < -0.3 is 10.2 Å². The minimum absolute atomic E-state index is 0.0272. The van der Waals surface area contributed by atoms with E-state index in [4.69, 9.17) is 0 Å². The van der Waals surface area contributed by atoms with Crippen LogP contribution >= 0.6 is 0 Å². The Hall–Kier alpha value is -1.84. The van der Waals surface area contributed by atoms with Gasteiger partial charge in [-0.2, -0.15) is 0 Å². The zero-order valence-electron chi connectivity index (χ0n) is 13.5. The molecular weight excluding hydrogens is 276 g/mol. The zero-order valence-corrected chi connectivity index (χ0v) is 13.5. The summed E-state index contributed by atoms with van der Waals surface area (Å²) in [6.45, 7) is 5.29. The zero-order chi connectivity index (χ0) is 15.9. The smallest absolute Gasteiger partial charge is 0.243 e. The fraction of sp³-hybridized carbons (Fsp3) is 0.556. The molecule has 2 amide bonds. The Morgan fingerprint density at radius 3 is 2.55 bits per heavy atom. The molecule has 0 aliphatic carbocycles. The highest BCUT2D eigenvalue weighted by Crippen LogP contribution is 2.22. The van der Waals surface area contributed by atoms with E-state index in [2.05, 4.69) is 5.32 Å². The number of carbonyl (C=O) groups is 2. The van der Waals surface area contributed by atoms with E-state index in [0.29, 0.717) is 13.1 Å². The number of rotatable bonds is 6. The number of carbonyl (C=O) groups excluding carboxylic acids is 2. The van der Waals surface area contributed by atoms with Crippen molar-refractivity contribution < 1.29 is 9.59 Å². The van der Waals surface area contributed by atoms with Crippen LogP contribution in [0, 0.1) is 5.92 Å². The molecule has 1 heterocycles. The second kappa shape index (κ2) is 7.97. The van der Waals surface area contributed by atoms with Crippen molar-refractivity contribution in [1.82, 2.24) is 10.2 Å². The molecule has 1 aliphatic heterocycles. The third kappa shape index (κ3) is 3.87. The summed E-state index contributed by atoms with van der Waals surface area (Å²) < 4.78 is 0. The standard InChI is InChI=1S/C18H26N2O2/c1-3-15(4-2)18(22)20-12-8-11-16(20)17(21)19-13-14-9-6-5-7-10-14/h5-7,9-10,15-16H,3-4,8,11-13H2,1-2H3,(H,19,21)/t16-/m1/s1. The average Bonchev–Trinajstić information content (AvgIpc) is 3.04. The Morgan fingerprint density at radius 2 is 1.91 bits per heavy atom. The molecule has 1 fully saturated rings. The monoisotopic (exact) mass is 302 g/mol. The van der Waals surface area contributed by atoms with Crippen molar-refractivity contribution in [2.24, 2.45) is 5.92 Å². The summed E-state index contributed by atoms with van der Waals surface area (Å²) in [6, 6.07) is 9.55. The summed E-state index contributed by atoms with van der Waals surface area (Å²) >= 11 is 0. The minimum Gasteiger partial charge on any atom is -0.350 e. The summed E-state index contributed by atoms with van der Waals surface area (Å²) in [7, 11) is 0. The lowest BCUT2D eigenvalue weighted by Crippen LogP contribution is -2.47. The maximum Gasteiger partial charge on any atom is 0.243 e. The quantitative estimate of drug-likeness (QED) is 0.878. The highest BCUT2D eigenvalue weighted by molar-refractivity contribution is 5.89. The van der Waals surface area contributed by atoms with Crippen molar-refractivity contribution in [3.63, 3.8) is 0 Å². The van der Waals surface area contributed by atoms with Crippen molar-refractivity contribution in [3.8, 4) is 0 Å². The first kappa shape index (κ1) is 16.5. The molecule has 1 aromatic carbocycles. The van der Waals surface area contributed by atoms with Crippen LogP contribution in [0.2, 0.25) is 0 Å². The third-order valence-electron chi connectivity index (χ3n) is 4.48. The van der Waals surface area contributed by atoms with E-state index in [1.807, 2.05) is 44.2 Å². The van der Waals surface area contributed by atoms with Crippen LogP contribution in [0.25, 0.3) is 0 Å². The molecule has 120 valence electrons. The molecule has 1 atom stereocenters. The fourth-order valence-corrected chi connectivity index (χ4v) is 3.08. The molecule has 0 aromatic heterocycles. The van der Waals surface area contributed by atoms with E-state index in [1.165, 1.54) is 0 Å². The van der Waals surface area contributed by atoms with Gasteiger partial charge in [0.2, 0.25) is 11.8 Å². The van der Waals surface area contributed by atoms with E-state index in [1.54, 1.807) is 4.90 Å². The Balaban J connectivity index is 1.94. The molecule has 0 spiro atoms. The van der Waals surface area contributed by atoms with Gasteiger partial charge in [-0.3, -0.25) is 9.59 Å². The number of hydrogen-bond acceptors (Lipinski definition) is 2. The summed E-state index contributed by atoms with van der Waals surface area (Å²) in [5, 5.41) is 2.97. The maximum absolute atomic E-state index is 12.5. The van der Waals surface area contributed by atoms with E-state index in [0.717, 1.165) is 31.2 Å². The number of benzene rings is 1. The predicted octanol–water partition coefficient (Wildman–Crippen LogP) is 2.73. The molecule has 1 aromatic rings. The van der Waals surface area contributed by atoms with Gasteiger partial charge in [0.1, 0.15) is 6.04 Å². The molecule has 22 heavy (non-hydrogen) atoms. The van der Waals surface area contributed by atoms with E-state index in [9.17, 15) is 9.59 Å². The molecule has 1 aliphatic rings. The third-order valence-corrected chi connectivity index (χ3v) is 4.48. The lowest BCUT2D eigenvalue weighted by molar-refractivity contribution is -0.141. The van der Waals surface area contributed by atoms with Crippen LogP contribution in [-0.4, -0.2) is 29.3 Å². The molecule has 4 nitrogen and oxygen atoms in total. The number of likely N-dealkylation sites (tertiary alicyclic amines) is 1. The van der Waals surface area contributed by atoms with Crippen LogP contribution in [0.4, 0.5) is 0 Å². The van der Waals surface area contributed by atoms with Crippen molar-refractivity contribution in [3.05, 3.63) is 35.9 Å². The fourth-order valence-electron chi connectivity index (χ4n) is 3.08. The first-order valence-electron chi connectivity index (χ1n) is 8.29. The van der Waals surface area contributed by atoms with Gasteiger partial charge in [0.05, 0.1) is 0 Å². The maximum atomic E-state index is 12.5. The molecule has 2 rings (SSSR count). The predicted molar refractivity (Wildman–Crippen MR) is 87.1 cm³/mol. The molecule has 4 heteroatoms. The van der Waals surface area contributed by atoms with Crippen molar-refractivity contribution in [2.45, 2.75) is 52.1 Å². The summed E-state index contributed by atoms with van der Waals surface area (Å²) in [4.78, 5) is 26.8. The van der Waals surface area contributed by atoms with Crippen LogP contribution in [0.5, 0.6) is 0 Å². The first-order chi connectivity index (χ1) is 10.7. The molecule has 0 radical (unpaired) electrons. The Kier molecular flexibility index (Phi) is 5.99. The molecule has 0 saturated carbocycles. The SMILES string of the molecule is CCC(CC)C(=O)N1CCC[C@@H]1C(=O)NCc1ccccc1. The molecular formula is C18H26N2O2. The second-order valence-electron chi connectivity index (χ2n) is 5.91. The van der Waals surface area contributed by atoms with Gasteiger partial charge in [-0.15, -0.1) is 0 Å². The number of hydrogen-bond donors (Lipinski definition) is 1. The molecule has 0 bridgehead atoms. The molecule has 1 saturated heterocycles. The summed E-state index contributed by atoms with van der Waals surface area (Å²) in [5.41, 5.74) is 1.08. The number of nitrogens with one attached hydrogen (secondary N) is 1. The van der Waals surface area contributed by atoms with Gasteiger partial charge in [-0.25, -0.2) is 0 Å². The van der Waals surface area contributed by atoms with Crippen molar-refractivity contribution in [2.75, 3.05) is 6.54 Å². The lowest BCUT2D eigenvalue weighted by Gasteiger charge is -2.27. The van der Waals surface area contributed by atoms with Crippen LogP contribution in [0.15, 0.2) is 30.3 Å². The number of nitrogens with zero attached hydrogens (tertiary/aromatic N) is 1. The van der Waals surface area contributed by atoms with Crippen LogP contribution < -0.4 is 5.32 Å². The normalized spacial score (nSPS) is 17.8. The Morgan fingerprint density at radius 1 is 1.23 bits per heavy atom. The summed E-state index contributed by atoms with van der Waals surface area (Å²) in [5.74, 6) is 0.158. The summed E-state index contributed by atoms with van der Waals surface area (Å²) in [6.07, 6.45) is 3.36. The molecule has 0 unspecified atom stereocenters. The van der Waals surface area contributed by atoms with Gasteiger partial charge in [0, 0.05) is 19.0 Å². The van der Waals surface area contributed by atoms with Gasteiger partial charge in [-0.1, -0.05) is 44.2 Å². The molecule has 1 N–H and O–H groups in total. The lowest BCUT2D eigenvalue weighted by atomic mass is 10.0. The minimum atomic E-state index is -0.295. The van der Waals surface area contributed by atoms with Crippen molar-refractivity contribution in [1.29, 1.82) is 0 Å². The van der Waals surface area contributed by atoms with Crippen LogP contribution in [-0.2, 0) is 16.1 Å². The highest BCUT2D eigenvalue weighted by atomic mass is 16.2. The first-order valence-corrected chi connectivity index (χ1v) is 8.29. The van der Waals surface area contributed by atoms with Crippen LogP contribution in [0.1, 0.15) is 45.1 Å². The van der Waals surface area contributed by atoms with Gasteiger partial charge >= 0.3 is 0 Å². The van der Waals surface area contributed by atoms with Gasteiger partial charge in [0.15, 0.2) is 0 Å². The van der Waals surface area contributed by atoms with Gasteiger partial charge in [0.25, 0.3) is 0 Å². The topological polar surface area (TPSA) is 49.4 Å². The van der Waals surface area contributed by atoms with Gasteiger partial charge in [-0.05, 0) is 31.2 Å². The Labute approximate surface area is 132 Å². The highest BCUT2D eigenvalue weighted by Gasteiger charge is 2.35. The van der Waals surface area contributed by atoms with E-state index >= 15 is 0 Å². The second-order valence-corrected chi connectivity index (χ2v) is 5.91. The largest absolute Gasteiger partial charge is 0.350 e. The number of amides is 2. The van der Waals surface area contributed by atoms with Crippen molar-refractivity contribution >= 4 is 11.8 Å². The Bertz CT molecular complexity index is 497. The van der Waals surface area contributed by atoms with E-state index < -0.39 is 0 Å².